The molecule has 1 aliphatic heterocycles. The molecule has 2 aromatic rings. The normalized spacial score (nSPS) is 12.7. The molecule has 0 atom stereocenters. The van der Waals surface area contributed by atoms with Crippen LogP contribution in [-0.2, 0) is 9.63 Å². The van der Waals surface area contributed by atoms with Crippen LogP contribution in [0.25, 0.3) is 0 Å². The van der Waals surface area contributed by atoms with Gasteiger partial charge in [0.15, 0.2) is 0 Å². The van der Waals surface area contributed by atoms with Gasteiger partial charge in [-0.15, -0.1) is 0 Å². The van der Waals surface area contributed by atoms with E-state index in [1.807, 2.05) is 0 Å². The Morgan fingerprint density at radius 1 is 0.962 bits per heavy atom. The molecule has 2 aromatic carbocycles. The number of nitrogens with one attached hydrogen (secondary N) is 1. The molecule has 7 nitrogen and oxygen atoms in total. The van der Waals surface area contributed by atoms with E-state index in [1.54, 1.807) is 36.4 Å². The molecule has 8 heteroatoms. The number of nitrogens with zero attached hydrogens (tertiary/aromatic N) is 1. The van der Waals surface area contributed by atoms with E-state index in [4.69, 9.17) is 16.4 Å². The average Bonchev–Trinajstić information content (AvgIpc) is 2.87. The highest BCUT2D eigenvalue weighted by Crippen LogP contribution is 2.22. The van der Waals surface area contributed by atoms with E-state index in [0.29, 0.717) is 15.6 Å². The minimum atomic E-state index is -0.809. The van der Waals surface area contributed by atoms with E-state index < -0.39 is 17.8 Å². The van der Waals surface area contributed by atoms with E-state index in [1.165, 1.54) is 12.1 Å². The fourth-order valence-corrected chi connectivity index (χ4v) is 2.50. The molecule has 132 valence electrons. The Balaban J connectivity index is 1.51. The lowest BCUT2D eigenvalue weighted by Gasteiger charge is -2.12. The summed E-state index contributed by atoms with van der Waals surface area (Å²) in [5.74, 6) is -2.57. The van der Waals surface area contributed by atoms with Crippen molar-refractivity contribution in [1.82, 2.24) is 10.4 Å². The van der Waals surface area contributed by atoms with Gasteiger partial charge in [-0.3, -0.25) is 14.4 Å². The van der Waals surface area contributed by atoms with E-state index >= 15 is 0 Å². The molecule has 3 rings (SSSR count). The van der Waals surface area contributed by atoms with Crippen molar-refractivity contribution in [3.8, 4) is 0 Å². The van der Waals surface area contributed by atoms with Crippen molar-refractivity contribution in [2.45, 2.75) is 6.42 Å². The number of rotatable bonds is 5. The smallest absolute Gasteiger partial charge is 0.335 e. The minimum Gasteiger partial charge on any atom is -0.351 e. The quantitative estimate of drug-likeness (QED) is 0.812. The van der Waals surface area contributed by atoms with Crippen LogP contribution in [0.1, 0.15) is 37.5 Å². The van der Waals surface area contributed by atoms with E-state index in [-0.39, 0.29) is 30.0 Å². The zero-order valence-electron chi connectivity index (χ0n) is 13.4. The molecule has 0 unspecified atom stereocenters. The van der Waals surface area contributed by atoms with E-state index in [9.17, 15) is 19.2 Å². The van der Waals surface area contributed by atoms with Crippen molar-refractivity contribution < 1.29 is 24.0 Å². The lowest BCUT2D eigenvalue weighted by molar-refractivity contribution is -0.168. The van der Waals surface area contributed by atoms with Gasteiger partial charge >= 0.3 is 5.97 Å². The average molecular weight is 373 g/mol. The van der Waals surface area contributed by atoms with Crippen molar-refractivity contribution in [2.24, 2.45) is 0 Å². The van der Waals surface area contributed by atoms with Crippen LogP contribution in [0.3, 0.4) is 0 Å². The predicted molar refractivity (Wildman–Crippen MR) is 91.4 cm³/mol. The van der Waals surface area contributed by atoms with Gasteiger partial charge in [0.1, 0.15) is 0 Å². The molecule has 0 saturated carbocycles. The number of carbonyl (C=O) groups excluding carboxylic acids is 4. The van der Waals surface area contributed by atoms with Crippen LogP contribution in [0.5, 0.6) is 0 Å². The lowest BCUT2D eigenvalue weighted by Crippen LogP contribution is -2.34. The van der Waals surface area contributed by atoms with Crippen LogP contribution in [0.15, 0.2) is 48.5 Å². The number of carbonyl (C=O) groups is 4. The second-order valence-electron chi connectivity index (χ2n) is 5.43. The number of fused-ring (bicyclic) bond motifs is 1. The molecule has 1 N–H and O–H groups in total. The van der Waals surface area contributed by atoms with Gasteiger partial charge in [-0.2, -0.15) is 0 Å². The molecule has 1 aliphatic rings. The van der Waals surface area contributed by atoms with Gasteiger partial charge in [0.25, 0.3) is 17.7 Å². The Bertz CT molecular complexity index is 860. The van der Waals surface area contributed by atoms with Crippen molar-refractivity contribution in [1.29, 1.82) is 0 Å². The largest absolute Gasteiger partial charge is 0.351 e. The summed E-state index contributed by atoms with van der Waals surface area (Å²) in [6.45, 7) is -0.0105. The lowest BCUT2D eigenvalue weighted by atomic mass is 10.1. The van der Waals surface area contributed by atoms with Gasteiger partial charge in [0.2, 0.25) is 0 Å². The van der Waals surface area contributed by atoms with Gasteiger partial charge in [-0.25, -0.2) is 4.79 Å². The highest BCUT2D eigenvalue weighted by atomic mass is 35.5. The third-order valence-electron chi connectivity index (χ3n) is 3.67. The molecule has 26 heavy (non-hydrogen) atoms. The van der Waals surface area contributed by atoms with Gasteiger partial charge in [-0.05, 0) is 36.4 Å². The molecule has 0 saturated heterocycles. The molecule has 0 radical (unpaired) electrons. The molecule has 1 heterocycles. The Morgan fingerprint density at radius 3 is 2.12 bits per heavy atom. The molecule has 3 amide bonds. The van der Waals surface area contributed by atoms with Gasteiger partial charge < -0.3 is 10.2 Å². The van der Waals surface area contributed by atoms with Crippen molar-refractivity contribution in [3.05, 3.63) is 70.2 Å². The van der Waals surface area contributed by atoms with Crippen LogP contribution in [0.4, 0.5) is 0 Å². The zero-order valence-corrected chi connectivity index (χ0v) is 14.2. The first-order chi connectivity index (χ1) is 12.5. The molecule has 0 fully saturated rings. The van der Waals surface area contributed by atoms with Crippen LogP contribution in [0, 0.1) is 0 Å². The highest BCUT2D eigenvalue weighted by molar-refractivity contribution is 6.30. The summed E-state index contributed by atoms with van der Waals surface area (Å²) in [7, 11) is 0. The molecule has 0 aliphatic carbocycles. The number of hydrogen-bond donors (Lipinski definition) is 1. The first-order valence-corrected chi connectivity index (χ1v) is 8.07. The van der Waals surface area contributed by atoms with Crippen LogP contribution in [-0.4, -0.2) is 35.3 Å². The summed E-state index contributed by atoms with van der Waals surface area (Å²) < 4.78 is 0. The fraction of sp³-hybridized carbons (Fsp3) is 0.111. The molecule has 0 bridgehead atoms. The maximum Gasteiger partial charge on any atom is 0.335 e. The number of hydroxylamine groups is 2. The van der Waals surface area contributed by atoms with Crippen LogP contribution in [0.2, 0.25) is 5.02 Å². The summed E-state index contributed by atoms with van der Waals surface area (Å²) >= 11 is 5.75. The first kappa shape index (κ1) is 17.6. The monoisotopic (exact) mass is 372 g/mol. The summed E-state index contributed by atoms with van der Waals surface area (Å²) in [4.78, 5) is 52.8. The zero-order chi connectivity index (χ0) is 18.7. The summed E-state index contributed by atoms with van der Waals surface area (Å²) in [5.41, 5.74) is 0.755. The predicted octanol–water partition coefficient (Wildman–Crippen LogP) is 2.21. The van der Waals surface area contributed by atoms with Crippen LogP contribution < -0.4 is 5.32 Å². The molecule has 0 aromatic heterocycles. The second-order valence-corrected chi connectivity index (χ2v) is 5.86. The first-order valence-electron chi connectivity index (χ1n) is 7.70. The third-order valence-corrected chi connectivity index (χ3v) is 3.92. The summed E-state index contributed by atoms with van der Waals surface area (Å²) in [6.07, 6.45) is -0.202. The van der Waals surface area contributed by atoms with Gasteiger partial charge in [0.05, 0.1) is 17.5 Å². The minimum absolute atomic E-state index is 0.0105. The van der Waals surface area contributed by atoms with Crippen molar-refractivity contribution >= 4 is 35.3 Å². The van der Waals surface area contributed by atoms with Crippen molar-refractivity contribution in [3.63, 3.8) is 0 Å². The third kappa shape index (κ3) is 3.57. The summed E-state index contributed by atoms with van der Waals surface area (Å²) in [5, 5.41) is 3.49. The molecular formula is C18H13ClN2O5. The van der Waals surface area contributed by atoms with Crippen molar-refractivity contribution in [2.75, 3.05) is 6.54 Å². The number of amides is 3. The van der Waals surface area contributed by atoms with Gasteiger partial charge in [-0.1, -0.05) is 28.8 Å². The maximum atomic E-state index is 12.1. The number of halogens is 1. The van der Waals surface area contributed by atoms with E-state index in [0.717, 1.165) is 0 Å². The fourth-order valence-electron chi connectivity index (χ4n) is 2.38. The second kappa shape index (κ2) is 7.37. The molecule has 0 spiro atoms. The topological polar surface area (TPSA) is 92.8 Å². The Hall–Kier alpha value is -3.19. The number of benzene rings is 2. The van der Waals surface area contributed by atoms with E-state index in [2.05, 4.69) is 5.32 Å². The number of imide groups is 1. The maximum absolute atomic E-state index is 12.1. The molecular weight excluding hydrogens is 360 g/mol. The highest BCUT2D eigenvalue weighted by Gasteiger charge is 2.38. The number of hydrogen-bond acceptors (Lipinski definition) is 5. The Labute approximate surface area is 153 Å². The summed E-state index contributed by atoms with van der Waals surface area (Å²) in [6, 6.07) is 12.4. The Morgan fingerprint density at radius 2 is 1.54 bits per heavy atom. The van der Waals surface area contributed by atoms with Gasteiger partial charge in [0, 0.05) is 17.1 Å². The van der Waals surface area contributed by atoms with Crippen LogP contribution >= 0.6 is 11.6 Å². The Kier molecular flexibility index (Phi) is 4.99. The SMILES string of the molecule is O=C(CCNC(=O)c1ccc(Cl)cc1)ON1C(=O)c2ccccc2C1=O. The standard InChI is InChI=1S/C18H13ClN2O5/c19-12-7-5-11(6-8-12)16(23)20-10-9-15(22)26-21-17(24)13-3-1-2-4-14(13)18(21)25/h1-8H,9-10H2,(H,20,23).